The number of non-ortho nitro benzene ring substituents is 1. The van der Waals surface area contributed by atoms with E-state index in [0.29, 0.717) is 6.42 Å². The summed E-state index contributed by atoms with van der Waals surface area (Å²) in [6.45, 7) is 0.200. The first kappa shape index (κ1) is 17.7. The van der Waals surface area contributed by atoms with Crippen LogP contribution in [0, 0.1) is 10.1 Å². The van der Waals surface area contributed by atoms with Gasteiger partial charge in [0.1, 0.15) is 0 Å². The first-order valence-electron chi connectivity index (χ1n) is 7.33. The molecule has 1 aromatic rings. The Bertz CT molecular complexity index is 496. The van der Waals surface area contributed by atoms with Crippen molar-refractivity contribution in [1.82, 2.24) is 0 Å². The molecule has 1 rings (SSSR count). The Morgan fingerprint density at radius 3 is 2.45 bits per heavy atom. The quantitative estimate of drug-likeness (QED) is 0.228. The maximum absolute atomic E-state index is 10.5. The van der Waals surface area contributed by atoms with Gasteiger partial charge in [0.2, 0.25) is 0 Å². The minimum atomic E-state index is -1.24. The zero-order chi connectivity index (χ0) is 16.2. The lowest BCUT2D eigenvalue weighted by Gasteiger charge is -2.01. The number of allylic oxidation sites excluding steroid dienone is 1. The smallest absolute Gasteiger partial charge is 0.450 e. The Hall–Kier alpha value is -2.37. The summed E-state index contributed by atoms with van der Waals surface area (Å²) in [4.78, 5) is 20.2. The van der Waals surface area contributed by atoms with Crippen LogP contribution in [0.3, 0.4) is 0 Å². The molecule has 0 fully saturated rings. The van der Waals surface area contributed by atoms with Gasteiger partial charge in [-0.1, -0.05) is 30.7 Å². The minimum Gasteiger partial charge on any atom is -0.450 e. The first-order chi connectivity index (χ1) is 10.6. The number of hydrogen-bond donors (Lipinski definition) is 1. The van der Waals surface area contributed by atoms with E-state index in [-0.39, 0.29) is 12.3 Å². The average molecular weight is 307 g/mol. The van der Waals surface area contributed by atoms with E-state index >= 15 is 0 Å². The van der Waals surface area contributed by atoms with Crippen LogP contribution in [0.2, 0.25) is 0 Å². The molecule has 0 heterocycles. The van der Waals surface area contributed by atoms with E-state index in [4.69, 9.17) is 5.11 Å². The largest absolute Gasteiger partial charge is 0.505 e. The van der Waals surface area contributed by atoms with Gasteiger partial charge in [-0.25, -0.2) is 4.79 Å². The van der Waals surface area contributed by atoms with Crippen LogP contribution in [-0.2, 0) is 11.2 Å². The number of aryl methyl sites for hydroxylation is 1. The third kappa shape index (κ3) is 8.04. The molecule has 0 aliphatic heterocycles. The van der Waals surface area contributed by atoms with Crippen LogP contribution in [0.1, 0.15) is 37.7 Å². The van der Waals surface area contributed by atoms with E-state index in [9.17, 15) is 14.9 Å². The molecule has 0 bridgehead atoms. The van der Waals surface area contributed by atoms with Crippen LogP contribution in [0.4, 0.5) is 10.5 Å². The second-order valence-corrected chi connectivity index (χ2v) is 4.90. The number of unbranched alkanes of at least 4 members (excludes halogenated alkanes) is 3. The number of carbonyl (C=O) groups is 1. The van der Waals surface area contributed by atoms with Crippen molar-refractivity contribution in [2.75, 3.05) is 6.61 Å². The highest BCUT2D eigenvalue weighted by Crippen LogP contribution is 2.14. The van der Waals surface area contributed by atoms with E-state index in [1.54, 1.807) is 12.1 Å². The highest BCUT2D eigenvalue weighted by Gasteiger charge is 2.03. The fourth-order valence-corrected chi connectivity index (χ4v) is 2.00. The highest BCUT2D eigenvalue weighted by atomic mass is 16.7. The Morgan fingerprint density at radius 1 is 1.14 bits per heavy atom. The Balaban J connectivity index is 2.04. The van der Waals surface area contributed by atoms with Crippen LogP contribution in [-0.4, -0.2) is 22.8 Å². The van der Waals surface area contributed by atoms with Crippen molar-refractivity contribution in [3.63, 3.8) is 0 Å². The van der Waals surface area contributed by atoms with Crippen LogP contribution in [0.25, 0.3) is 0 Å². The lowest BCUT2D eigenvalue weighted by molar-refractivity contribution is -0.384. The molecule has 0 amide bonds. The predicted octanol–water partition coefficient (Wildman–Crippen LogP) is 4.34. The second kappa shape index (κ2) is 10.4. The van der Waals surface area contributed by atoms with Gasteiger partial charge in [-0.15, -0.1) is 0 Å². The Labute approximate surface area is 129 Å². The molecule has 1 N–H and O–H groups in total. The average Bonchev–Trinajstić information content (AvgIpc) is 2.49. The number of nitrogens with zero attached hydrogens (tertiary/aromatic N) is 1. The van der Waals surface area contributed by atoms with Crippen LogP contribution < -0.4 is 0 Å². The second-order valence-electron chi connectivity index (χ2n) is 4.90. The summed E-state index contributed by atoms with van der Waals surface area (Å²) < 4.78 is 4.38. The fraction of sp³-hybridized carbons (Fsp3) is 0.438. The van der Waals surface area contributed by atoms with Crippen molar-refractivity contribution >= 4 is 11.8 Å². The summed E-state index contributed by atoms with van der Waals surface area (Å²) in [6.07, 6.45) is 8.44. The molecule has 1 aromatic carbocycles. The molecule has 0 radical (unpaired) electrons. The number of benzene rings is 1. The molecule has 0 saturated carbocycles. The van der Waals surface area contributed by atoms with Crippen LogP contribution in [0.5, 0.6) is 0 Å². The van der Waals surface area contributed by atoms with Gasteiger partial charge < -0.3 is 9.84 Å². The number of carboxylic acid groups (broad SMARTS) is 1. The maximum Gasteiger partial charge on any atom is 0.505 e. The summed E-state index contributed by atoms with van der Waals surface area (Å²) >= 11 is 0. The molecule has 0 aromatic heterocycles. The zero-order valence-corrected chi connectivity index (χ0v) is 12.4. The third-order valence-electron chi connectivity index (χ3n) is 3.16. The number of rotatable bonds is 10. The molecule has 0 unspecified atom stereocenters. The summed E-state index contributed by atoms with van der Waals surface area (Å²) in [5.74, 6) is 0. The van der Waals surface area contributed by atoms with Gasteiger partial charge in [-0.3, -0.25) is 10.1 Å². The SMILES string of the molecule is O=C(O)OCC/C=C\CCCCCc1ccc([N+](=O)[O-])cc1. The summed E-state index contributed by atoms with van der Waals surface area (Å²) in [5, 5.41) is 18.8. The molecule has 0 spiro atoms. The molecule has 0 atom stereocenters. The van der Waals surface area contributed by atoms with Gasteiger partial charge in [0.05, 0.1) is 11.5 Å². The monoisotopic (exact) mass is 307 g/mol. The fourth-order valence-electron chi connectivity index (χ4n) is 2.00. The van der Waals surface area contributed by atoms with E-state index in [1.807, 2.05) is 12.2 Å². The zero-order valence-electron chi connectivity index (χ0n) is 12.4. The van der Waals surface area contributed by atoms with Gasteiger partial charge in [0.25, 0.3) is 5.69 Å². The van der Waals surface area contributed by atoms with Crippen molar-refractivity contribution in [1.29, 1.82) is 0 Å². The third-order valence-corrected chi connectivity index (χ3v) is 3.16. The topological polar surface area (TPSA) is 89.7 Å². The molecule has 6 nitrogen and oxygen atoms in total. The van der Waals surface area contributed by atoms with Gasteiger partial charge >= 0.3 is 6.16 Å². The van der Waals surface area contributed by atoms with Crippen molar-refractivity contribution in [2.24, 2.45) is 0 Å². The van der Waals surface area contributed by atoms with Crippen LogP contribution in [0.15, 0.2) is 36.4 Å². The van der Waals surface area contributed by atoms with Crippen LogP contribution >= 0.6 is 0 Å². The minimum absolute atomic E-state index is 0.126. The standard InChI is InChI=1S/C16H21NO5/c18-16(19)22-13-7-5-3-1-2-4-6-8-14-9-11-15(12-10-14)17(20)21/h3,5,9-12H,1-2,4,6-8,13H2,(H,18,19)/b5-3-. The molecule has 0 aliphatic rings. The summed E-state index contributed by atoms with van der Waals surface area (Å²) in [6, 6.07) is 6.69. The van der Waals surface area contributed by atoms with Gasteiger partial charge in [-0.2, -0.15) is 0 Å². The van der Waals surface area contributed by atoms with E-state index < -0.39 is 11.1 Å². The molecular formula is C16H21NO5. The van der Waals surface area contributed by atoms with Crippen molar-refractivity contribution in [3.8, 4) is 0 Å². The Morgan fingerprint density at radius 2 is 1.82 bits per heavy atom. The molecule has 0 saturated heterocycles. The number of ether oxygens (including phenoxy) is 1. The van der Waals surface area contributed by atoms with Crippen molar-refractivity contribution < 1.29 is 19.6 Å². The number of hydrogen-bond acceptors (Lipinski definition) is 4. The number of nitro benzene ring substituents is 1. The normalized spacial score (nSPS) is 10.7. The van der Waals surface area contributed by atoms with Crippen molar-refractivity contribution in [2.45, 2.75) is 38.5 Å². The first-order valence-corrected chi connectivity index (χ1v) is 7.33. The van der Waals surface area contributed by atoms with E-state index in [2.05, 4.69) is 4.74 Å². The number of nitro groups is 1. The highest BCUT2D eigenvalue weighted by molar-refractivity contribution is 5.56. The van der Waals surface area contributed by atoms with Gasteiger partial charge in [0, 0.05) is 12.1 Å². The summed E-state index contributed by atoms with van der Waals surface area (Å²) in [7, 11) is 0. The van der Waals surface area contributed by atoms with Gasteiger partial charge in [-0.05, 0) is 37.7 Å². The van der Waals surface area contributed by atoms with E-state index in [1.165, 1.54) is 12.1 Å². The summed E-state index contributed by atoms with van der Waals surface area (Å²) in [5.41, 5.74) is 1.24. The predicted molar refractivity (Wildman–Crippen MR) is 83.0 cm³/mol. The molecule has 6 heteroatoms. The van der Waals surface area contributed by atoms with E-state index in [0.717, 1.165) is 37.7 Å². The lowest BCUT2D eigenvalue weighted by atomic mass is 10.1. The van der Waals surface area contributed by atoms with Crippen molar-refractivity contribution in [3.05, 3.63) is 52.1 Å². The lowest BCUT2D eigenvalue weighted by Crippen LogP contribution is -2.00. The maximum atomic E-state index is 10.5. The molecule has 22 heavy (non-hydrogen) atoms. The molecule has 0 aliphatic carbocycles. The Kier molecular flexibility index (Phi) is 8.33. The van der Waals surface area contributed by atoms with Gasteiger partial charge in [0.15, 0.2) is 0 Å². The molecule has 120 valence electrons. The molecular weight excluding hydrogens is 286 g/mol.